The number of aliphatic hydroxyl groups is 1. The maximum atomic E-state index is 13.6. The predicted octanol–water partition coefficient (Wildman–Crippen LogP) is 6.28. The first-order chi connectivity index (χ1) is 19.4. The number of anilines is 1. The molecule has 0 spiro atoms. The molecular weight excluding hydrogens is 528 g/mol. The third-order valence-electron chi connectivity index (χ3n) is 6.38. The van der Waals surface area contributed by atoms with E-state index in [0.717, 1.165) is 11.1 Å². The van der Waals surface area contributed by atoms with Gasteiger partial charge in [-0.3, -0.25) is 14.5 Å². The molecule has 1 unspecified atom stereocenters. The van der Waals surface area contributed by atoms with Gasteiger partial charge in [-0.25, -0.2) is 4.98 Å². The fourth-order valence-electron chi connectivity index (χ4n) is 4.48. The molecule has 1 fully saturated rings. The average molecular weight is 557 g/mol. The SMILES string of the molecule is C=CCOc1ccc(C2C(=C(O)c3cccc(OCCC)c3)C(=O)C(=O)N2c2nc3ccc(OC)cc3s2)cc1. The van der Waals surface area contributed by atoms with Crippen LogP contribution in [0.1, 0.15) is 30.5 Å². The number of hydrogen-bond acceptors (Lipinski definition) is 8. The summed E-state index contributed by atoms with van der Waals surface area (Å²) in [5.74, 6) is -0.0488. The van der Waals surface area contributed by atoms with Gasteiger partial charge in [-0.2, -0.15) is 0 Å². The Morgan fingerprint density at radius 1 is 1.05 bits per heavy atom. The van der Waals surface area contributed by atoms with Gasteiger partial charge in [0.15, 0.2) is 5.13 Å². The zero-order valence-corrected chi connectivity index (χ0v) is 22.9. The van der Waals surface area contributed by atoms with E-state index in [4.69, 9.17) is 14.2 Å². The Morgan fingerprint density at radius 2 is 1.82 bits per heavy atom. The second-order valence-electron chi connectivity index (χ2n) is 9.04. The molecule has 1 N–H and O–H groups in total. The summed E-state index contributed by atoms with van der Waals surface area (Å²) in [6.07, 6.45) is 2.46. The number of carbonyl (C=O) groups excluding carboxylic acids is 2. The summed E-state index contributed by atoms with van der Waals surface area (Å²) < 4.78 is 17.5. The number of hydrogen-bond donors (Lipinski definition) is 1. The van der Waals surface area contributed by atoms with E-state index in [-0.39, 0.29) is 11.3 Å². The van der Waals surface area contributed by atoms with Crippen LogP contribution in [0.4, 0.5) is 5.13 Å². The Balaban J connectivity index is 1.65. The predicted molar refractivity (Wildman–Crippen MR) is 155 cm³/mol. The van der Waals surface area contributed by atoms with Crippen molar-refractivity contribution in [3.05, 3.63) is 96.1 Å². The molecule has 0 bridgehead atoms. The third kappa shape index (κ3) is 5.15. The van der Waals surface area contributed by atoms with Gasteiger partial charge < -0.3 is 19.3 Å². The molecule has 1 amide bonds. The second-order valence-corrected chi connectivity index (χ2v) is 10.1. The number of amides is 1. The van der Waals surface area contributed by atoms with E-state index in [1.165, 1.54) is 16.2 Å². The van der Waals surface area contributed by atoms with E-state index in [0.29, 0.717) is 52.2 Å². The van der Waals surface area contributed by atoms with Crippen LogP contribution in [0, 0.1) is 0 Å². The van der Waals surface area contributed by atoms with Gasteiger partial charge in [0.05, 0.1) is 35.5 Å². The summed E-state index contributed by atoms with van der Waals surface area (Å²) in [4.78, 5) is 33.1. The van der Waals surface area contributed by atoms with E-state index in [2.05, 4.69) is 11.6 Å². The number of fused-ring (bicyclic) bond motifs is 1. The number of ether oxygens (including phenoxy) is 3. The van der Waals surface area contributed by atoms with Gasteiger partial charge in [0.2, 0.25) is 0 Å². The van der Waals surface area contributed by atoms with Gasteiger partial charge in [0.1, 0.15) is 29.6 Å². The van der Waals surface area contributed by atoms with Crippen LogP contribution < -0.4 is 19.1 Å². The van der Waals surface area contributed by atoms with E-state index in [1.54, 1.807) is 73.8 Å². The number of nitrogens with zero attached hydrogens (tertiary/aromatic N) is 2. The highest BCUT2D eigenvalue weighted by atomic mass is 32.1. The number of thiazole rings is 1. The number of Topliss-reactive ketones (excluding diaryl/α,β-unsaturated/α-hetero) is 1. The first-order valence-electron chi connectivity index (χ1n) is 12.8. The first kappa shape index (κ1) is 27.0. The average Bonchev–Trinajstić information content (AvgIpc) is 3.52. The lowest BCUT2D eigenvalue weighted by atomic mass is 9.95. The van der Waals surface area contributed by atoms with Crippen molar-refractivity contribution < 1.29 is 28.9 Å². The molecular formula is C31H28N2O6S. The number of ketones is 1. The highest BCUT2D eigenvalue weighted by molar-refractivity contribution is 7.22. The molecule has 1 saturated heterocycles. The maximum Gasteiger partial charge on any atom is 0.301 e. The van der Waals surface area contributed by atoms with Crippen LogP contribution in [0.25, 0.3) is 16.0 Å². The number of aromatic nitrogens is 1. The Bertz CT molecular complexity index is 1610. The van der Waals surface area contributed by atoms with Gasteiger partial charge in [0, 0.05) is 5.56 Å². The largest absolute Gasteiger partial charge is 0.507 e. The highest BCUT2D eigenvalue weighted by Gasteiger charge is 2.48. The van der Waals surface area contributed by atoms with Crippen molar-refractivity contribution in [1.82, 2.24) is 4.98 Å². The molecule has 0 aliphatic carbocycles. The summed E-state index contributed by atoms with van der Waals surface area (Å²) in [6, 6.07) is 18.4. The number of methoxy groups -OCH3 is 1. The first-order valence-corrected chi connectivity index (χ1v) is 13.6. The molecule has 9 heteroatoms. The van der Waals surface area contributed by atoms with Gasteiger partial charge in [-0.15, -0.1) is 0 Å². The smallest absolute Gasteiger partial charge is 0.301 e. The molecule has 1 aromatic heterocycles. The van der Waals surface area contributed by atoms with E-state index < -0.39 is 17.7 Å². The number of aliphatic hydroxyl groups excluding tert-OH is 1. The standard InChI is InChI=1S/C31H28N2O6S/c1-4-15-38-21-11-9-19(10-12-21)27-26(28(34)20-7-6-8-23(17-20)39-16-5-2)29(35)30(36)33(27)31-32-24-14-13-22(37-3)18-25(24)40-31/h4,6-14,17-18,27,34H,1,5,15-16H2,2-3H3. The quantitative estimate of drug-likeness (QED) is 0.106. The minimum Gasteiger partial charge on any atom is -0.507 e. The molecule has 2 heterocycles. The maximum absolute atomic E-state index is 13.6. The number of benzene rings is 3. The number of rotatable bonds is 10. The molecule has 3 aromatic carbocycles. The van der Waals surface area contributed by atoms with Crippen molar-refractivity contribution in [2.45, 2.75) is 19.4 Å². The molecule has 0 radical (unpaired) electrons. The van der Waals surface area contributed by atoms with E-state index in [1.807, 2.05) is 13.0 Å². The fourth-order valence-corrected chi connectivity index (χ4v) is 5.50. The van der Waals surface area contributed by atoms with Gasteiger partial charge in [-0.1, -0.05) is 55.2 Å². The third-order valence-corrected chi connectivity index (χ3v) is 7.40. The lowest BCUT2D eigenvalue weighted by molar-refractivity contribution is -0.132. The Morgan fingerprint density at radius 3 is 2.55 bits per heavy atom. The van der Waals surface area contributed by atoms with E-state index in [9.17, 15) is 14.7 Å². The topological polar surface area (TPSA) is 98.2 Å². The van der Waals surface area contributed by atoms with Crippen molar-refractivity contribution in [2.75, 3.05) is 25.2 Å². The fraction of sp³-hybridized carbons (Fsp3) is 0.194. The Labute approximate surface area is 235 Å². The van der Waals surface area contributed by atoms with Crippen LogP contribution in [0.15, 0.2) is 85.0 Å². The lowest BCUT2D eigenvalue weighted by Crippen LogP contribution is -2.29. The lowest BCUT2D eigenvalue weighted by Gasteiger charge is -2.23. The monoisotopic (exact) mass is 556 g/mol. The zero-order valence-electron chi connectivity index (χ0n) is 22.1. The van der Waals surface area contributed by atoms with Crippen molar-refractivity contribution in [1.29, 1.82) is 0 Å². The van der Waals surface area contributed by atoms with Crippen LogP contribution in [-0.2, 0) is 9.59 Å². The molecule has 204 valence electrons. The van der Waals surface area contributed by atoms with Crippen LogP contribution >= 0.6 is 11.3 Å². The van der Waals surface area contributed by atoms with Crippen LogP contribution in [0.5, 0.6) is 17.2 Å². The minimum atomic E-state index is -0.920. The number of carbonyl (C=O) groups is 2. The second kappa shape index (κ2) is 11.6. The Hall–Kier alpha value is -4.63. The van der Waals surface area contributed by atoms with Crippen LogP contribution in [0.2, 0.25) is 0 Å². The van der Waals surface area contributed by atoms with Crippen LogP contribution in [-0.4, -0.2) is 42.1 Å². The zero-order chi connectivity index (χ0) is 28.2. The summed E-state index contributed by atoms with van der Waals surface area (Å²) in [6.45, 7) is 6.51. The van der Waals surface area contributed by atoms with Crippen molar-refractivity contribution in [3.63, 3.8) is 0 Å². The van der Waals surface area contributed by atoms with Crippen molar-refractivity contribution in [3.8, 4) is 17.2 Å². The molecule has 4 aromatic rings. The van der Waals surface area contributed by atoms with Gasteiger partial charge in [-0.05, 0) is 54.4 Å². The van der Waals surface area contributed by atoms with Crippen molar-refractivity contribution in [2.24, 2.45) is 0 Å². The molecule has 0 saturated carbocycles. The van der Waals surface area contributed by atoms with Gasteiger partial charge in [0.25, 0.3) is 5.78 Å². The normalized spacial score (nSPS) is 16.4. The highest BCUT2D eigenvalue weighted by Crippen LogP contribution is 2.45. The summed E-state index contributed by atoms with van der Waals surface area (Å²) in [5, 5.41) is 11.8. The van der Waals surface area contributed by atoms with Gasteiger partial charge >= 0.3 is 5.91 Å². The summed E-state index contributed by atoms with van der Waals surface area (Å²) in [7, 11) is 1.58. The van der Waals surface area contributed by atoms with Crippen LogP contribution in [0.3, 0.4) is 0 Å². The minimum absolute atomic E-state index is 0.0331. The molecule has 1 aliphatic heterocycles. The summed E-state index contributed by atoms with van der Waals surface area (Å²) >= 11 is 1.27. The molecule has 40 heavy (non-hydrogen) atoms. The van der Waals surface area contributed by atoms with E-state index >= 15 is 0 Å². The molecule has 8 nitrogen and oxygen atoms in total. The van der Waals surface area contributed by atoms with Crippen molar-refractivity contribution >= 4 is 44.1 Å². The molecule has 5 rings (SSSR count). The summed E-state index contributed by atoms with van der Waals surface area (Å²) in [5.41, 5.74) is 1.61. The molecule has 1 aliphatic rings. The molecule has 1 atom stereocenters. The Kier molecular flexibility index (Phi) is 7.84.